The molecular formula is C12H14Cl2N2O. The monoisotopic (exact) mass is 272 g/mol. The van der Waals surface area contributed by atoms with Crippen molar-refractivity contribution in [3.63, 3.8) is 0 Å². The third-order valence-electron chi connectivity index (χ3n) is 2.84. The van der Waals surface area contributed by atoms with E-state index in [0.717, 1.165) is 12.0 Å². The first-order chi connectivity index (χ1) is 8.04. The van der Waals surface area contributed by atoms with E-state index < -0.39 is 0 Å². The van der Waals surface area contributed by atoms with Crippen LogP contribution in [-0.2, 0) is 11.2 Å². The van der Waals surface area contributed by atoms with Crippen molar-refractivity contribution in [1.29, 1.82) is 0 Å². The fourth-order valence-electron chi connectivity index (χ4n) is 2.04. The number of carbonyl (C=O) groups excluding carboxylic acids is 1. The maximum absolute atomic E-state index is 11.5. The molecule has 2 N–H and O–H groups in total. The molecule has 1 aromatic rings. The Morgan fingerprint density at radius 1 is 1.29 bits per heavy atom. The second-order valence-electron chi connectivity index (χ2n) is 4.33. The largest absolute Gasteiger partial charge is 0.341 e. The maximum atomic E-state index is 11.5. The molecule has 0 aliphatic carbocycles. The number of hydrogen-bond donors (Lipinski definition) is 1. The first kappa shape index (κ1) is 12.7. The molecule has 2 rings (SSSR count). The van der Waals surface area contributed by atoms with Gasteiger partial charge in [-0.25, -0.2) is 0 Å². The van der Waals surface area contributed by atoms with Gasteiger partial charge in [0.1, 0.15) is 0 Å². The second-order valence-corrected chi connectivity index (χ2v) is 5.20. The number of carbonyl (C=O) groups is 1. The lowest BCUT2D eigenvalue weighted by atomic mass is 10.1. The Hall–Kier alpha value is -0.770. The lowest BCUT2D eigenvalue weighted by molar-refractivity contribution is -0.127. The van der Waals surface area contributed by atoms with E-state index in [2.05, 4.69) is 0 Å². The molecular weight excluding hydrogens is 259 g/mol. The first-order valence-electron chi connectivity index (χ1n) is 5.53. The van der Waals surface area contributed by atoms with E-state index in [0.29, 0.717) is 29.6 Å². The van der Waals surface area contributed by atoms with E-state index in [1.165, 1.54) is 0 Å². The van der Waals surface area contributed by atoms with Crippen molar-refractivity contribution < 1.29 is 4.79 Å². The van der Waals surface area contributed by atoms with Crippen molar-refractivity contribution in [2.24, 2.45) is 5.73 Å². The summed E-state index contributed by atoms with van der Waals surface area (Å²) in [6.07, 6.45) is 1.20. The maximum Gasteiger partial charge on any atom is 0.224 e. The Bertz CT molecular complexity index is 416. The smallest absolute Gasteiger partial charge is 0.224 e. The number of rotatable bonds is 3. The van der Waals surface area contributed by atoms with Crippen LogP contribution in [0, 0.1) is 0 Å². The minimum Gasteiger partial charge on any atom is -0.341 e. The van der Waals surface area contributed by atoms with Gasteiger partial charge in [-0.15, -0.1) is 0 Å². The predicted octanol–water partition coefficient (Wildman–Crippen LogP) is 2.10. The molecule has 1 amide bonds. The minimum absolute atomic E-state index is 0.0227. The Kier molecular flexibility index (Phi) is 3.92. The quantitative estimate of drug-likeness (QED) is 0.916. The molecule has 5 heteroatoms. The molecule has 0 radical (unpaired) electrons. The van der Waals surface area contributed by atoms with E-state index in [4.69, 9.17) is 28.9 Å². The summed E-state index contributed by atoms with van der Waals surface area (Å²) >= 11 is 11.8. The summed E-state index contributed by atoms with van der Waals surface area (Å²) in [4.78, 5) is 13.3. The highest BCUT2D eigenvalue weighted by atomic mass is 35.5. The molecule has 0 aromatic heterocycles. The van der Waals surface area contributed by atoms with Crippen molar-refractivity contribution >= 4 is 29.1 Å². The summed E-state index contributed by atoms with van der Waals surface area (Å²) in [7, 11) is 0. The highest BCUT2D eigenvalue weighted by Crippen LogP contribution is 2.20. The van der Waals surface area contributed by atoms with Gasteiger partial charge in [0.2, 0.25) is 5.91 Å². The zero-order valence-electron chi connectivity index (χ0n) is 9.33. The van der Waals surface area contributed by atoms with E-state index >= 15 is 0 Å². The average molecular weight is 273 g/mol. The van der Waals surface area contributed by atoms with Gasteiger partial charge in [0.05, 0.1) is 0 Å². The van der Waals surface area contributed by atoms with E-state index in [1.807, 2.05) is 12.1 Å². The van der Waals surface area contributed by atoms with E-state index in [9.17, 15) is 4.79 Å². The third-order valence-corrected chi connectivity index (χ3v) is 3.27. The van der Waals surface area contributed by atoms with Crippen molar-refractivity contribution in [3.8, 4) is 0 Å². The van der Waals surface area contributed by atoms with E-state index in [-0.39, 0.29) is 11.9 Å². The summed E-state index contributed by atoms with van der Waals surface area (Å²) in [5.41, 5.74) is 6.77. The van der Waals surface area contributed by atoms with Gasteiger partial charge in [-0.05, 0) is 30.2 Å². The SMILES string of the molecule is NC1CC(=O)N(CCc2cc(Cl)cc(Cl)c2)C1. The molecule has 92 valence electrons. The van der Waals surface area contributed by atoms with Crippen LogP contribution in [0.4, 0.5) is 0 Å². The van der Waals surface area contributed by atoms with Crippen molar-refractivity contribution in [2.45, 2.75) is 18.9 Å². The number of benzene rings is 1. The van der Waals surface area contributed by atoms with Gasteiger partial charge in [-0.2, -0.15) is 0 Å². The van der Waals surface area contributed by atoms with Gasteiger partial charge in [0, 0.05) is 35.6 Å². The van der Waals surface area contributed by atoms with Crippen LogP contribution in [0.3, 0.4) is 0 Å². The van der Waals surface area contributed by atoms with Gasteiger partial charge in [-0.3, -0.25) is 4.79 Å². The average Bonchev–Trinajstić information content (AvgIpc) is 2.53. The Labute approximate surface area is 110 Å². The van der Waals surface area contributed by atoms with Crippen LogP contribution in [-0.4, -0.2) is 29.9 Å². The lowest BCUT2D eigenvalue weighted by Gasteiger charge is -2.15. The van der Waals surface area contributed by atoms with Gasteiger partial charge in [-0.1, -0.05) is 23.2 Å². The molecule has 1 heterocycles. The van der Waals surface area contributed by atoms with Crippen LogP contribution in [0.5, 0.6) is 0 Å². The fraction of sp³-hybridized carbons (Fsp3) is 0.417. The standard InChI is InChI=1S/C12H14Cl2N2O/c13-9-3-8(4-10(14)5-9)1-2-16-7-11(15)6-12(16)17/h3-5,11H,1-2,6-7,15H2. The molecule has 0 spiro atoms. The number of halogens is 2. The molecule has 1 fully saturated rings. The Morgan fingerprint density at radius 3 is 2.47 bits per heavy atom. The number of likely N-dealkylation sites (tertiary alicyclic amines) is 1. The summed E-state index contributed by atoms with van der Waals surface area (Å²) in [5.74, 6) is 0.130. The number of nitrogens with two attached hydrogens (primary N) is 1. The molecule has 1 unspecified atom stereocenters. The molecule has 1 aliphatic heterocycles. The number of hydrogen-bond acceptors (Lipinski definition) is 2. The van der Waals surface area contributed by atoms with Crippen LogP contribution >= 0.6 is 23.2 Å². The van der Waals surface area contributed by atoms with Crippen LogP contribution < -0.4 is 5.73 Å². The fourth-order valence-corrected chi connectivity index (χ4v) is 2.61. The van der Waals surface area contributed by atoms with Crippen LogP contribution in [0.2, 0.25) is 10.0 Å². The molecule has 1 aromatic carbocycles. The van der Waals surface area contributed by atoms with Crippen molar-refractivity contribution in [3.05, 3.63) is 33.8 Å². The Balaban J connectivity index is 1.96. The molecule has 3 nitrogen and oxygen atoms in total. The highest BCUT2D eigenvalue weighted by Gasteiger charge is 2.26. The summed E-state index contributed by atoms with van der Waals surface area (Å²) in [6, 6.07) is 5.41. The molecule has 17 heavy (non-hydrogen) atoms. The molecule has 1 atom stereocenters. The normalized spacial score (nSPS) is 20.1. The van der Waals surface area contributed by atoms with Crippen LogP contribution in [0.15, 0.2) is 18.2 Å². The van der Waals surface area contributed by atoms with Gasteiger partial charge in [0.25, 0.3) is 0 Å². The van der Waals surface area contributed by atoms with Crippen LogP contribution in [0.1, 0.15) is 12.0 Å². The van der Waals surface area contributed by atoms with Crippen LogP contribution in [0.25, 0.3) is 0 Å². The highest BCUT2D eigenvalue weighted by molar-refractivity contribution is 6.34. The topological polar surface area (TPSA) is 46.3 Å². The molecule has 0 bridgehead atoms. The van der Waals surface area contributed by atoms with Gasteiger partial charge in [0.15, 0.2) is 0 Å². The predicted molar refractivity (Wildman–Crippen MR) is 69.3 cm³/mol. The summed E-state index contributed by atoms with van der Waals surface area (Å²) < 4.78 is 0. The summed E-state index contributed by atoms with van der Waals surface area (Å²) in [5, 5.41) is 1.24. The zero-order valence-corrected chi connectivity index (χ0v) is 10.8. The van der Waals surface area contributed by atoms with Gasteiger partial charge < -0.3 is 10.6 Å². The Morgan fingerprint density at radius 2 is 1.94 bits per heavy atom. The number of nitrogens with zero attached hydrogens (tertiary/aromatic N) is 1. The summed E-state index contributed by atoms with van der Waals surface area (Å²) in [6.45, 7) is 1.32. The van der Waals surface area contributed by atoms with E-state index in [1.54, 1.807) is 11.0 Å². The zero-order chi connectivity index (χ0) is 12.4. The van der Waals surface area contributed by atoms with Gasteiger partial charge >= 0.3 is 0 Å². The second kappa shape index (κ2) is 5.25. The number of amides is 1. The molecule has 0 saturated carbocycles. The molecule has 1 saturated heterocycles. The van der Waals surface area contributed by atoms with Crippen molar-refractivity contribution in [2.75, 3.05) is 13.1 Å². The minimum atomic E-state index is -0.0227. The molecule has 1 aliphatic rings. The first-order valence-corrected chi connectivity index (χ1v) is 6.28. The van der Waals surface area contributed by atoms with Crippen molar-refractivity contribution in [1.82, 2.24) is 4.90 Å². The lowest BCUT2D eigenvalue weighted by Crippen LogP contribution is -2.30. The third kappa shape index (κ3) is 3.35.